The van der Waals surface area contributed by atoms with Gasteiger partial charge < -0.3 is 0 Å². The number of rotatable bonds is 6. The summed E-state index contributed by atoms with van der Waals surface area (Å²) >= 11 is 0. The highest BCUT2D eigenvalue weighted by molar-refractivity contribution is 5.26. The number of hydrogen-bond acceptors (Lipinski definition) is 0. The van der Waals surface area contributed by atoms with E-state index in [1.807, 2.05) is 12.2 Å². The van der Waals surface area contributed by atoms with Gasteiger partial charge >= 0.3 is 0 Å². The fraction of sp³-hybridized carbons (Fsp3) is 0.769. The maximum atomic E-state index is 3.46. The Morgan fingerprint density at radius 1 is 0.615 bits per heavy atom. The van der Waals surface area contributed by atoms with Gasteiger partial charge in [-0.05, 0) is 75.4 Å². The van der Waals surface area contributed by atoms with E-state index >= 15 is 0 Å². The van der Waals surface area contributed by atoms with E-state index in [2.05, 4.69) is 37.5 Å². The molecule has 0 aliphatic heterocycles. The molecule has 0 N–H and O–H groups in total. The van der Waals surface area contributed by atoms with Gasteiger partial charge in [-0.1, -0.05) is 76.1 Å². The quantitative estimate of drug-likeness (QED) is 0.433. The van der Waals surface area contributed by atoms with Gasteiger partial charge in [-0.2, -0.15) is 0 Å². The molecule has 0 heterocycles. The van der Waals surface area contributed by atoms with Crippen LogP contribution in [0.4, 0.5) is 0 Å². The Hall–Kier alpha value is -1.14. The molecule has 0 unspecified atom stereocenters. The zero-order valence-corrected chi connectivity index (χ0v) is 17.4. The molecule has 0 aromatic carbocycles. The van der Waals surface area contributed by atoms with Crippen LogP contribution in [-0.2, 0) is 0 Å². The van der Waals surface area contributed by atoms with E-state index in [0.29, 0.717) is 11.8 Å². The Balaban J connectivity index is 1.61. The van der Waals surface area contributed by atoms with E-state index in [-0.39, 0.29) is 0 Å². The molecular formula is C26H40. The first-order chi connectivity index (χ1) is 12.8. The molecule has 0 spiro atoms. The first-order valence-electron chi connectivity index (χ1n) is 11.5. The summed E-state index contributed by atoms with van der Waals surface area (Å²) in [4.78, 5) is 0. The topological polar surface area (TPSA) is 0 Å². The minimum atomic E-state index is 0.629. The van der Waals surface area contributed by atoms with Crippen LogP contribution in [0.25, 0.3) is 0 Å². The molecule has 0 heteroatoms. The van der Waals surface area contributed by atoms with Crippen molar-refractivity contribution in [3.63, 3.8) is 0 Å². The minimum Gasteiger partial charge on any atom is -0.0951 e. The predicted molar refractivity (Wildman–Crippen MR) is 115 cm³/mol. The molecule has 2 saturated carbocycles. The van der Waals surface area contributed by atoms with Gasteiger partial charge in [-0.15, -0.1) is 0 Å². The van der Waals surface area contributed by atoms with Gasteiger partial charge in [0, 0.05) is 11.8 Å². The lowest BCUT2D eigenvalue weighted by atomic mass is 9.80. The Labute approximate surface area is 163 Å². The average Bonchev–Trinajstić information content (AvgIpc) is 2.69. The van der Waals surface area contributed by atoms with Gasteiger partial charge in [-0.3, -0.25) is 0 Å². The van der Waals surface area contributed by atoms with Crippen molar-refractivity contribution in [2.45, 2.75) is 104 Å². The van der Waals surface area contributed by atoms with Crippen molar-refractivity contribution in [1.82, 2.24) is 0 Å². The van der Waals surface area contributed by atoms with E-state index < -0.39 is 0 Å². The van der Waals surface area contributed by atoms with Gasteiger partial charge in [0.05, 0.1) is 0 Å². The predicted octanol–water partition coefficient (Wildman–Crippen LogP) is 7.54. The van der Waals surface area contributed by atoms with Crippen molar-refractivity contribution < 1.29 is 0 Å². The molecule has 0 aromatic rings. The van der Waals surface area contributed by atoms with Crippen molar-refractivity contribution >= 4 is 0 Å². The maximum absolute atomic E-state index is 3.46. The molecule has 0 bridgehead atoms. The summed E-state index contributed by atoms with van der Waals surface area (Å²) in [7, 11) is 0. The summed E-state index contributed by atoms with van der Waals surface area (Å²) in [6.07, 6.45) is 23.1. The first kappa shape index (κ1) is 21.2. The molecule has 0 nitrogen and oxygen atoms in total. The molecule has 144 valence electrons. The van der Waals surface area contributed by atoms with Crippen LogP contribution >= 0.6 is 0 Å². The molecular weight excluding hydrogens is 312 g/mol. The number of hydrogen-bond donors (Lipinski definition) is 0. The van der Waals surface area contributed by atoms with Crippen molar-refractivity contribution in [2.75, 3.05) is 0 Å². The van der Waals surface area contributed by atoms with Gasteiger partial charge in [0.25, 0.3) is 0 Å². The van der Waals surface area contributed by atoms with Crippen LogP contribution in [0, 0.1) is 47.4 Å². The normalized spacial score (nSPS) is 28.8. The largest absolute Gasteiger partial charge is 0.0951 e. The summed E-state index contributed by atoms with van der Waals surface area (Å²) in [5.74, 6) is 16.6. The lowest BCUT2D eigenvalue weighted by Gasteiger charge is -2.25. The standard InChI is InChI=1S/C26H40/c1-3-5-11-23-15-19-25(20-16-23)13-9-7-8-10-14-26-21-17-24(18-22-26)12-6-4-2/h7-8,23-26H,3-6,11-12,15-22H2,1-2H3/b8-7+/t23-,24-,25-,26-. The summed E-state index contributed by atoms with van der Waals surface area (Å²) in [5.41, 5.74) is 0. The van der Waals surface area contributed by atoms with Crippen molar-refractivity contribution in [2.24, 2.45) is 23.7 Å². The Kier molecular flexibility index (Phi) is 10.7. The Bertz CT molecular complexity index is 454. The molecule has 0 aromatic heterocycles. The van der Waals surface area contributed by atoms with E-state index in [1.165, 1.54) is 89.9 Å². The summed E-state index contributed by atoms with van der Waals surface area (Å²) in [6.45, 7) is 4.59. The molecule has 2 aliphatic carbocycles. The molecule has 0 saturated heterocycles. The monoisotopic (exact) mass is 352 g/mol. The van der Waals surface area contributed by atoms with Gasteiger partial charge in [0.15, 0.2) is 0 Å². The van der Waals surface area contributed by atoms with Crippen LogP contribution < -0.4 is 0 Å². The smallest absolute Gasteiger partial charge is 0.0206 e. The fourth-order valence-electron chi connectivity index (χ4n) is 4.59. The zero-order valence-electron chi connectivity index (χ0n) is 17.4. The lowest BCUT2D eigenvalue weighted by molar-refractivity contribution is 0.296. The van der Waals surface area contributed by atoms with E-state index in [0.717, 1.165) is 11.8 Å². The molecule has 2 fully saturated rings. The Morgan fingerprint density at radius 2 is 1.00 bits per heavy atom. The second-order valence-corrected chi connectivity index (χ2v) is 8.63. The van der Waals surface area contributed by atoms with Crippen LogP contribution in [0.3, 0.4) is 0 Å². The summed E-state index contributed by atoms with van der Waals surface area (Å²) < 4.78 is 0. The second-order valence-electron chi connectivity index (χ2n) is 8.63. The van der Waals surface area contributed by atoms with Crippen LogP contribution in [0.15, 0.2) is 12.2 Å². The number of allylic oxidation sites excluding steroid dienone is 2. The third-order valence-corrected chi connectivity index (χ3v) is 6.45. The minimum absolute atomic E-state index is 0.629. The van der Waals surface area contributed by atoms with Crippen molar-refractivity contribution in [3.8, 4) is 23.7 Å². The van der Waals surface area contributed by atoms with Crippen molar-refractivity contribution in [1.29, 1.82) is 0 Å². The molecule has 2 rings (SSSR count). The highest BCUT2D eigenvalue weighted by atomic mass is 14.2. The second kappa shape index (κ2) is 13.1. The fourth-order valence-corrected chi connectivity index (χ4v) is 4.59. The van der Waals surface area contributed by atoms with Crippen LogP contribution in [0.2, 0.25) is 0 Å². The maximum Gasteiger partial charge on any atom is 0.0206 e. The lowest BCUT2D eigenvalue weighted by Crippen LogP contribution is -2.13. The molecule has 0 radical (unpaired) electrons. The Morgan fingerprint density at radius 3 is 1.35 bits per heavy atom. The number of unbranched alkanes of at least 4 members (excludes halogenated alkanes) is 2. The van der Waals surface area contributed by atoms with Gasteiger partial charge in [0.2, 0.25) is 0 Å². The van der Waals surface area contributed by atoms with Crippen molar-refractivity contribution in [3.05, 3.63) is 12.2 Å². The highest BCUT2D eigenvalue weighted by Gasteiger charge is 2.19. The van der Waals surface area contributed by atoms with E-state index in [4.69, 9.17) is 0 Å². The summed E-state index contributed by atoms with van der Waals surface area (Å²) in [6, 6.07) is 0. The average molecular weight is 353 g/mol. The third-order valence-electron chi connectivity index (χ3n) is 6.45. The zero-order chi connectivity index (χ0) is 18.5. The first-order valence-corrected chi connectivity index (χ1v) is 11.5. The van der Waals surface area contributed by atoms with E-state index in [9.17, 15) is 0 Å². The molecule has 2 aliphatic rings. The SMILES string of the molecule is CCCC[C@H]1CC[C@H](C#C/C=C/C#C[C@H]2CC[C@H](CCCC)CC2)CC1. The summed E-state index contributed by atoms with van der Waals surface area (Å²) in [5, 5.41) is 0. The molecule has 26 heavy (non-hydrogen) atoms. The molecule has 0 atom stereocenters. The van der Waals surface area contributed by atoms with Gasteiger partial charge in [-0.25, -0.2) is 0 Å². The van der Waals surface area contributed by atoms with Crippen LogP contribution in [0.5, 0.6) is 0 Å². The third kappa shape index (κ3) is 8.49. The van der Waals surface area contributed by atoms with Crippen LogP contribution in [-0.4, -0.2) is 0 Å². The highest BCUT2D eigenvalue weighted by Crippen LogP contribution is 2.32. The van der Waals surface area contributed by atoms with E-state index in [1.54, 1.807) is 0 Å². The molecule has 0 amide bonds. The van der Waals surface area contributed by atoms with Gasteiger partial charge in [0.1, 0.15) is 0 Å². The van der Waals surface area contributed by atoms with Crippen LogP contribution in [0.1, 0.15) is 104 Å².